The first-order valence-corrected chi connectivity index (χ1v) is 11.0. The zero-order valence-electron chi connectivity index (χ0n) is 19.1. The summed E-state index contributed by atoms with van der Waals surface area (Å²) >= 11 is 0. The van der Waals surface area contributed by atoms with Gasteiger partial charge in [0.05, 0.1) is 24.3 Å². The third-order valence-corrected chi connectivity index (χ3v) is 6.53. The van der Waals surface area contributed by atoms with E-state index in [4.69, 9.17) is 9.72 Å². The summed E-state index contributed by atoms with van der Waals surface area (Å²) < 4.78 is 5.42. The van der Waals surface area contributed by atoms with E-state index in [-0.39, 0.29) is 11.5 Å². The number of ether oxygens (including phenoxy) is 1. The van der Waals surface area contributed by atoms with Gasteiger partial charge in [-0.05, 0) is 38.8 Å². The van der Waals surface area contributed by atoms with Gasteiger partial charge in [0.25, 0.3) is 0 Å². The quantitative estimate of drug-likeness (QED) is 0.763. The third-order valence-electron chi connectivity index (χ3n) is 6.53. The summed E-state index contributed by atoms with van der Waals surface area (Å²) in [4.78, 5) is 37.9. The van der Waals surface area contributed by atoms with Gasteiger partial charge in [-0.1, -0.05) is 18.9 Å². The summed E-state index contributed by atoms with van der Waals surface area (Å²) in [7, 11) is 3.31. The number of carboxylic acid groups (broad SMARTS) is 1. The SMILES string of the molecule is COc1cc(C(=O)O)ccc1Cc1ncc2c(n1)N(C1CCCC1)CC(C)(C)C(=O)N2C. The topological polar surface area (TPSA) is 95.9 Å². The van der Waals surface area contributed by atoms with Crippen LogP contribution >= 0.6 is 0 Å². The highest BCUT2D eigenvalue weighted by atomic mass is 16.5. The van der Waals surface area contributed by atoms with Crippen molar-refractivity contribution >= 4 is 23.4 Å². The maximum absolute atomic E-state index is 13.1. The van der Waals surface area contributed by atoms with Gasteiger partial charge in [0.1, 0.15) is 17.3 Å². The zero-order chi connectivity index (χ0) is 23.0. The van der Waals surface area contributed by atoms with Gasteiger partial charge < -0.3 is 19.6 Å². The number of hydrogen-bond donors (Lipinski definition) is 1. The van der Waals surface area contributed by atoms with Crippen molar-refractivity contribution in [1.82, 2.24) is 9.97 Å². The van der Waals surface area contributed by atoms with Crippen LogP contribution in [0.2, 0.25) is 0 Å². The Balaban J connectivity index is 1.74. The predicted molar refractivity (Wildman–Crippen MR) is 122 cm³/mol. The number of rotatable bonds is 5. The van der Waals surface area contributed by atoms with Crippen LogP contribution < -0.4 is 14.5 Å². The average Bonchev–Trinajstić information content (AvgIpc) is 3.29. The molecule has 2 aromatic rings. The molecule has 2 aliphatic rings. The molecule has 8 nitrogen and oxygen atoms in total. The van der Waals surface area contributed by atoms with Crippen molar-refractivity contribution in [2.75, 3.05) is 30.5 Å². The van der Waals surface area contributed by atoms with Crippen LogP contribution in [0.3, 0.4) is 0 Å². The average molecular weight is 439 g/mol. The summed E-state index contributed by atoms with van der Waals surface area (Å²) in [6.07, 6.45) is 6.69. The van der Waals surface area contributed by atoms with E-state index < -0.39 is 11.4 Å². The minimum atomic E-state index is -1.00. The molecule has 4 rings (SSSR count). The van der Waals surface area contributed by atoms with Crippen LogP contribution in [0.5, 0.6) is 5.75 Å². The molecule has 0 unspecified atom stereocenters. The highest BCUT2D eigenvalue weighted by Crippen LogP contribution is 2.40. The molecule has 0 bridgehead atoms. The van der Waals surface area contributed by atoms with Crippen LogP contribution in [0.4, 0.5) is 11.5 Å². The van der Waals surface area contributed by atoms with E-state index in [9.17, 15) is 14.7 Å². The summed E-state index contributed by atoms with van der Waals surface area (Å²) in [6.45, 7) is 4.59. The Labute approximate surface area is 188 Å². The highest BCUT2D eigenvalue weighted by Gasteiger charge is 2.41. The number of methoxy groups -OCH3 is 1. The molecule has 1 aliphatic heterocycles. The maximum atomic E-state index is 13.1. The monoisotopic (exact) mass is 438 g/mol. The smallest absolute Gasteiger partial charge is 0.335 e. The van der Waals surface area contributed by atoms with Crippen LogP contribution in [0.1, 0.15) is 61.3 Å². The molecule has 2 heterocycles. The van der Waals surface area contributed by atoms with Crippen LogP contribution in [0.25, 0.3) is 0 Å². The van der Waals surface area contributed by atoms with Crippen molar-refractivity contribution < 1.29 is 19.4 Å². The number of carbonyl (C=O) groups is 2. The van der Waals surface area contributed by atoms with Gasteiger partial charge >= 0.3 is 5.97 Å². The van der Waals surface area contributed by atoms with Gasteiger partial charge in [-0.2, -0.15) is 0 Å². The maximum Gasteiger partial charge on any atom is 0.335 e. The van der Waals surface area contributed by atoms with E-state index in [0.29, 0.717) is 30.6 Å². The van der Waals surface area contributed by atoms with E-state index >= 15 is 0 Å². The Hall–Kier alpha value is -3.16. The lowest BCUT2D eigenvalue weighted by Crippen LogP contribution is -2.45. The lowest BCUT2D eigenvalue weighted by Gasteiger charge is -2.34. The summed E-state index contributed by atoms with van der Waals surface area (Å²) in [5.41, 5.74) is 1.17. The molecular formula is C24H30N4O4. The Bertz CT molecular complexity index is 1050. The number of anilines is 2. The van der Waals surface area contributed by atoms with Gasteiger partial charge in [-0.15, -0.1) is 0 Å². The molecule has 0 saturated heterocycles. The number of fused-ring (bicyclic) bond motifs is 1. The minimum Gasteiger partial charge on any atom is -0.496 e. The van der Waals surface area contributed by atoms with Crippen LogP contribution in [0, 0.1) is 5.41 Å². The third kappa shape index (κ3) is 4.01. The zero-order valence-corrected chi connectivity index (χ0v) is 19.1. The van der Waals surface area contributed by atoms with Gasteiger partial charge in [-0.3, -0.25) is 4.79 Å². The second-order valence-corrected chi connectivity index (χ2v) is 9.32. The van der Waals surface area contributed by atoms with Crippen molar-refractivity contribution in [1.29, 1.82) is 0 Å². The molecular weight excluding hydrogens is 408 g/mol. The second-order valence-electron chi connectivity index (χ2n) is 9.32. The first-order valence-electron chi connectivity index (χ1n) is 11.0. The molecule has 32 heavy (non-hydrogen) atoms. The lowest BCUT2D eigenvalue weighted by atomic mass is 9.91. The number of aromatic carboxylic acids is 1. The number of amides is 1. The molecule has 0 spiro atoms. The van der Waals surface area contributed by atoms with Crippen molar-refractivity contribution in [3.63, 3.8) is 0 Å². The molecule has 1 fully saturated rings. The first-order chi connectivity index (χ1) is 15.2. The summed E-state index contributed by atoms with van der Waals surface area (Å²) in [5.74, 6) is 0.947. The van der Waals surface area contributed by atoms with Gasteiger partial charge in [0.15, 0.2) is 5.82 Å². The molecule has 1 saturated carbocycles. The molecule has 0 atom stereocenters. The summed E-state index contributed by atoms with van der Waals surface area (Å²) in [5, 5.41) is 9.25. The van der Waals surface area contributed by atoms with Gasteiger partial charge in [0, 0.05) is 31.6 Å². The molecule has 170 valence electrons. The van der Waals surface area contributed by atoms with Crippen molar-refractivity contribution in [2.24, 2.45) is 5.41 Å². The fourth-order valence-corrected chi connectivity index (χ4v) is 4.78. The normalized spacial score (nSPS) is 18.4. The Kier molecular flexibility index (Phi) is 5.79. The summed E-state index contributed by atoms with van der Waals surface area (Å²) in [6, 6.07) is 5.18. The van der Waals surface area contributed by atoms with Crippen LogP contribution in [0.15, 0.2) is 24.4 Å². The molecule has 1 aliphatic carbocycles. The van der Waals surface area contributed by atoms with Crippen molar-refractivity contribution in [2.45, 2.75) is 52.0 Å². The largest absolute Gasteiger partial charge is 0.496 e. The fraction of sp³-hybridized carbons (Fsp3) is 0.500. The fourth-order valence-electron chi connectivity index (χ4n) is 4.78. The molecule has 1 aromatic heterocycles. The first kappa shape index (κ1) is 22.0. The second kappa shape index (κ2) is 8.41. The Morgan fingerprint density at radius 3 is 2.66 bits per heavy atom. The standard InChI is InChI=1S/C24H30N4O4/c1-24(2)14-28(17-7-5-6-8-17)21-18(27(3)23(24)31)13-25-20(26-21)12-15-9-10-16(22(29)30)11-19(15)32-4/h9-11,13,17H,5-8,12,14H2,1-4H3,(H,29,30). The molecule has 1 amide bonds. The number of benzene rings is 1. The number of aromatic nitrogens is 2. The van der Waals surface area contributed by atoms with Crippen molar-refractivity contribution in [3.8, 4) is 5.75 Å². The Morgan fingerprint density at radius 1 is 1.28 bits per heavy atom. The number of hydrogen-bond acceptors (Lipinski definition) is 6. The molecule has 8 heteroatoms. The van der Waals surface area contributed by atoms with E-state index in [1.807, 2.05) is 13.8 Å². The minimum absolute atomic E-state index is 0.0570. The lowest BCUT2D eigenvalue weighted by molar-refractivity contribution is -0.125. The highest BCUT2D eigenvalue weighted by molar-refractivity contribution is 6.00. The number of carboxylic acids is 1. The van der Waals surface area contributed by atoms with E-state index in [0.717, 1.165) is 29.9 Å². The van der Waals surface area contributed by atoms with Gasteiger partial charge in [0.2, 0.25) is 5.91 Å². The van der Waals surface area contributed by atoms with E-state index in [1.54, 1.807) is 30.3 Å². The predicted octanol–water partition coefficient (Wildman–Crippen LogP) is 3.53. The van der Waals surface area contributed by atoms with Crippen molar-refractivity contribution in [3.05, 3.63) is 41.3 Å². The van der Waals surface area contributed by atoms with E-state index in [1.165, 1.54) is 26.0 Å². The van der Waals surface area contributed by atoms with E-state index in [2.05, 4.69) is 9.88 Å². The van der Waals surface area contributed by atoms with Gasteiger partial charge in [-0.25, -0.2) is 14.8 Å². The van der Waals surface area contributed by atoms with Crippen LogP contribution in [-0.4, -0.2) is 53.7 Å². The number of nitrogens with zero attached hydrogens (tertiary/aromatic N) is 4. The number of carbonyl (C=O) groups excluding carboxylic acids is 1. The molecule has 1 aromatic carbocycles. The molecule has 1 N–H and O–H groups in total. The Morgan fingerprint density at radius 2 is 2.00 bits per heavy atom. The molecule has 0 radical (unpaired) electrons. The van der Waals surface area contributed by atoms with Crippen LogP contribution in [-0.2, 0) is 11.2 Å².